The lowest BCUT2D eigenvalue weighted by atomic mass is 10.2. The smallest absolute Gasteiger partial charge is 0.309 e. The van der Waals surface area contributed by atoms with Gasteiger partial charge in [-0.25, -0.2) is 0 Å². The summed E-state index contributed by atoms with van der Waals surface area (Å²) in [6.45, 7) is 1.71. The summed E-state index contributed by atoms with van der Waals surface area (Å²) in [5, 5.41) is 4.13. The van der Waals surface area contributed by atoms with Crippen molar-refractivity contribution in [3.63, 3.8) is 0 Å². The minimum absolute atomic E-state index is 0.309. The van der Waals surface area contributed by atoms with E-state index in [1.807, 2.05) is 13.1 Å². The summed E-state index contributed by atoms with van der Waals surface area (Å²) in [6, 6.07) is 1.82. The quantitative estimate of drug-likeness (QED) is 0.707. The molecule has 0 bridgehead atoms. The van der Waals surface area contributed by atoms with Crippen LogP contribution in [0.2, 0.25) is 0 Å². The molecule has 0 amide bonds. The molecule has 0 saturated carbocycles. The van der Waals surface area contributed by atoms with Crippen LogP contribution in [-0.4, -0.2) is 32.8 Å². The van der Waals surface area contributed by atoms with Crippen LogP contribution in [-0.2, 0) is 33.1 Å². The third kappa shape index (κ3) is 3.77. The maximum atomic E-state index is 11.7. The van der Waals surface area contributed by atoms with Crippen molar-refractivity contribution < 1.29 is 13.7 Å². The van der Waals surface area contributed by atoms with Crippen LogP contribution < -0.4 is 0 Å². The molecule has 2 atom stereocenters. The van der Waals surface area contributed by atoms with Crippen LogP contribution in [0.4, 0.5) is 0 Å². The first kappa shape index (κ1) is 12.9. The summed E-state index contributed by atoms with van der Waals surface area (Å²) >= 11 is 0. The van der Waals surface area contributed by atoms with E-state index in [4.69, 9.17) is 0 Å². The number of aryl methyl sites for hydroxylation is 1. The number of hydrogen-bond donors (Lipinski definition) is 0. The lowest BCUT2D eigenvalue weighted by molar-refractivity contribution is -0.144. The summed E-state index contributed by atoms with van der Waals surface area (Å²) in [7, 11) is 2.06. The Hall–Kier alpha value is -1.17. The van der Waals surface area contributed by atoms with Crippen LogP contribution >= 0.6 is 0 Å². The summed E-state index contributed by atoms with van der Waals surface area (Å²) in [4.78, 5) is 11.1. The molecule has 1 aromatic rings. The molecular formula is C10H16N2O3S. The van der Waals surface area contributed by atoms with Crippen LogP contribution in [0.1, 0.15) is 12.6 Å². The van der Waals surface area contributed by atoms with E-state index in [-0.39, 0.29) is 11.9 Å². The Kier molecular flexibility index (Phi) is 4.67. The normalized spacial score (nSPS) is 14.4. The van der Waals surface area contributed by atoms with Crippen molar-refractivity contribution in [2.24, 2.45) is 13.0 Å². The molecule has 90 valence electrons. The van der Waals surface area contributed by atoms with Crippen molar-refractivity contribution in [3.05, 3.63) is 18.0 Å². The maximum Gasteiger partial charge on any atom is 0.309 e. The molecule has 0 saturated heterocycles. The monoisotopic (exact) mass is 244 g/mol. The molecule has 0 spiro atoms. The Morgan fingerprint density at radius 1 is 1.69 bits per heavy atom. The lowest BCUT2D eigenvalue weighted by Gasteiger charge is -2.07. The molecule has 0 fully saturated rings. The number of aromatic nitrogens is 2. The Balaban J connectivity index is 2.45. The van der Waals surface area contributed by atoms with Crippen LogP contribution in [0.3, 0.4) is 0 Å². The molecule has 0 aromatic carbocycles. The summed E-state index contributed by atoms with van der Waals surface area (Å²) in [6.07, 6.45) is 1.80. The molecular weight excluding hydrogens is 228 g/mol. The molecule has 5 nitrogen and oxygen atoms in total. The molecule has 1 heterocycles. The van der Waals surface area contributed by atoms with E-state index in [2.05, 4.69) is 9.84 Å². The number of carbonyl (C=O) groups is 1. The van der Waals surface area contributed by atoms with E-state index >= 15 is 0 Å². The van der Waals surface area contributed by atoms with Gasteiger partial charge in [-0.15, -0.1) is 0 Å². The van der Waals surface area contributed by atoms with Crippen molar-refractivity contribution in [1.29, 1.82) is 0 Å². The topological polar surface area (TPSA) is 61.2 Å². The Morgan fingerprint density at radius 3 is 2.88 bits per heavy atom. The SMILES string of the molecule is COC(=O)C(C)CS(=O)Cc1ccn(C)n1. The van der Waals surface area contributed by atoms with E-state index in [9.17, 15) is 9.00 Å². The van der Waals surface area contributed by atoms with Crippen LogP contribution in [0.25, 0.3) is 0 Å². The number of hydrogen-bond acceptors (Lipinski definition) is 4. The van der Waals surface area contributed by atoms with Gasteiger partial charge in [0.2, 0.25) is 0 Å². The molecule has 1 rings (SSSR count). The van der Waals surface area contributed by atoms with E-state index in [0.29, 0.717) is 11.5 Å². The average Bonchev–Trinajstić information content (AvgIpc) is 2.62. The minimum atomic E-state index is -1.09. The second kappa shape index (κ2) is 5.79. The van der Waals surface area contributed by atoms with Gasteiger partial charge in [0, 0.05) is 29.8 Å². The highest BCUT2D eigenvalue weighted by Crippen LogP contribution is 2.05. The highest BCUT2D eigenvalue weighted by Gasteiger charge is 2.17. The average molecular weight is 244 g/mol. The van der Waals surface area contributed by atoms with Crippen molar-refractivity contribution in [3.8, 4) is 0 Å². The third-order valence-electron chi connectivity index (χ3n) is 2.12. The number of carbonyl (C=O) groups excluding carboxylic acids is 1. The van der Waals surface area contributed by atoms with Crippen molar-refractivity contribution >= 4 is 16.8 Å². The zero-order valence-corrected chi connectivity index (χ0v) is 10.5. The van der Waals surface area contributed by atoms with Gasteiger partial charge in [0.15, 0.2) is 0 Å². The Morgan fingerprint density at radius 2 is 2.38 bits per heavy atom. The standard InChI is InChI=1S/C10H16N2O3S/c1-8(10(13)15-3)6-16(14)7-9-4-5-12(2)11-9/h4-5,8H,6-7H2,1-3H3. The van der Waals surface area contributed by atoms with Crippen molar-refractivity contribution in [2.75, 3.05) is 12.9 Å². The molecule has 0 N–H and O–H groups in total. The number of methoxy groups -OCH3 is 1. The first-order valence-electron chi connectivity index (χ1n) is 4.94. The summed E-state index contributed by atoms with van der Waals surface area (Å²) in [5.41, 5.74) is 0.776. The fraction of sp³-hybridized carbons (Fsp3) is 0.600. The van der Waals surface area contributed by atoms with Crippen LogP contribution in [0, 0.1) is 5.92 Å². The molecule has 0 aliphatic carbocycles. The first-order valence-corrected chi connectivity index (χ1v) is 6.43. The van der Waals surface area contributed by atoms with Gasteiger partial charge in [-0.3, -0.25) is 13.7 Å². The summed E-state index contributed by atoms with van der Waals surface area (Å²) in [5.74, 6) is 0.0229. The van der Waals surface area contributed by atoms with Crippen LogP contribution in [0.15, 0.2) is 12.3 Å². The van der Waals surface area contributed by atoms with Gasteiger partial charge >= 0.3 is 5.97 Å². The fourth-order valence-corrected chi connectivity index (χ4v) is 2.61. The number of nitrogens with zero attached hydrogens (tertiary/aromatic N) is 2. The molecule has 0 aliphatic heterocycles. The second-order valence-corrected chi connectivity index (χ2v) is 5.16. The highest BCUT2D eigenvalue weighted by atomic mass is 32.2. The van der Waals surface area contributed by atoms with Gasteiger partial charge in [-0.1, -0.05) is 6.92 Å². The van der Waals surface area contributed by atoms with Gasteiger partial charge < -0.3 is 4.74 Å². The number of esters is 1. The first-order chi connectivity index (χ1) is 7.52. The zero-order valence-electron chi connectivity index (χ0n) is 9.67. The van der Waals surface area contributed by atoms with E-state index in [1.54, 1.807) is 17.8 Å². The van der Waals surface area contributed by atoms with E-state index < -0.39 is 10.8 Å². The minimum Gasteiger partial charge on any atom is -0.469 e. The molecule has 2 unspecified atom stereocenters. The van der Waals surface area contributed by atoms with Gasteiger partial charge in [-0.2, -0.15) is 5.10 Å². The molecule has 16 heavy (non-hydrogen) atoms. The van der Waals surface area contributed by atoms with Gasteiger partial charge in [0.1, 0.15) is 0 Å². The number of rotatable bonds is 5. The van der Waals surface area contributed by atoms with Crippen molar-refractivity contribution in [1.82, 2.24) is 9.78 Å². The lowest BCUT2D eigenvalue weighted by Crippen LogP contribution is -2.20. The van der Waals surface area contributed by atoms with Gasteiger partial charge in [0.25, 0.3) is 0 Å². The second-order valence-electron chi connectivity index (χ2n) is 3.66. The van der Waals surface area contributed by atoms with Crippen LogP contribution in [0.5, 0.6) is 0 Å². The maximum absolute atomic E-state index is 11.7. The predicted molar refractivity (Wildman–Crippen MR) is 61.1 cm³/mol. The molecule has 6 heteroatoms. The van der Waals surface area contributed by atoms with E-state index in [0.717, 1.165) is 5.69 Å². The largest absolute Gasteiger partial charge is 0.469 e. The Bertz CT molecular complexity index is 389. The number of ether oxygens (including phenoxy) is 1. The van der Waals surface area contributed by atoms with Gasteiger partial charge in [0.05, 0.1) is 24.5 Å². The molecule has 0 aliphatic rings. The fourth-order valence-electron chi connectivity index (χ4n) is 1.31. The zero-order chi connectivity index (χ0) is 12.1. The summed E-state index contributed by atoms with van der Waals surface area (Å²) < 4.78 is 17.9. The Labute approximate surface area is 97.2 Å². The predicted octanol–water partition coefficient (Wildman–Crippen LogP) is 0.478. The third-order valence-corrected chi connectivity index (χ3v) is 3.61. The van der Waals surface area contributed by atoms with Crippen molar-refractivity contribution in [2.45, 2.75) is 12.7 Å². The molecule has 0 radical (unpaired) electrons. The highest BCUT2D eigenvalue weighted by molar-refractivity contribution is 7.84. The van der Waals surface area contributed by atoms with E-state index in [1.165, 1.54) is 7.11 Å². The van der Waals surface area contributed by atoms with Gasteiger partial charge in [-0.05, 0) is 6.07 Å². The molecule has 1 aromatic heterocycles.